The van der Waals surface area contributed by atoms with Crippen LogP contribution in [0.3, 0.4) is 0 Å². The quantitative estimate of drug-likeness (QED) is 0.601. The van der Waals surface area contributed by atoms with Gasteiger partial charge in [0.15, 0.2) is 0 Å². The fourth-order valence-corrected chi connectivity index (χ4v) is 1.36. The fourth-order valence-electron chi connectivity index (χ4n) is 1.36. The molecule has 0 aromatic carbocycles. The molecule has 1 atom stereocenters. The molecule has 13 heavy (non-hydrogen) atoms. The summed E-state index contributed by atoms with van der Waals surface area (Å²) < 4.78 is 0. The Morgan fingerprint density at radius 3 is 2.46 bits per heavy atom. The maximum Gasteiger partial charge on any atom is 0.309 e. The van der Waals surface area contributed by atoms with Crippen molar-refractivity contribution in [3.63, 3.8) is 0 Å². The third kappa shape index (κ3) is 1.98. The largest absolute Gasteiger partial charge is 0.481 e. The monoisotopic (exact) mass is 186 g/mol. The van der Waals surface area contributed by atoms with Crippen molar-refractivity contribution in [2.45, 2.75) is 13.0 Å². The number of likely N-dealkylation sites (tertiary alicyclic amines) is 1. The van der Waals surface area contributed by atoms with E-state index in [2.05, 4.69) is 5.32 Å². The van der Waals surface area contributed by atoms with Crippen LogP contribution in [-0.2, 0) is 9.59 Å². The number of carboxylic acids is 1. The smallest absolute Gasteiger partial charge is 0.309 e. The van der Waals surface area contributed by atoms with Gasteiger partial charge in [-0.15, -0.1) is 0 Å². The molecule has 1 saturated heterocycles. The Kier molecular flexibility index (Phi) is 2.87. The maximum absolute atomic E-state index is 11.1. The van der Waals surface area contributed by atoms with E-state index in [0.717, 1.165) is 0 Å². The number of nitrogens with zero attached hydrogens (tertiary/aromatic N) is 1. The first-order chi connectivity index (χ1) is 6.06. The van der Waals surface area contributed by atoms with Crippen molar-refractivity contribution in [1.82, 2.24) is 10.2 Å². The predicted molar refractivity (Wildman–Crippen MR) is 46.2 cm³/mol. The molecule has 1 unspecified atom stereocenters. The van der Waals surface area contributed by atoms with Gasteiger partial charge in [-0.3, -0.25) is 14.5 Å². The molecular weight excluding hydrogens is 172 g/mol. The van der Waals surface area contributed by atoms with Crippen LogP contribution < -0.4 is 5.32 Å². The molecule has 1 aliphatic heterocycles. The minimum absolute atomic E-state index is 0.0659. The molecular formula is C8H14N2O3. The van der Waals surface area contributed by atoms with Gasteiger partial charge in [0.05, 0.1) is 12.0 Å². The van der Waals surface area contributed by atoms with E-state index in [1.807, 2.05) is 4.90 Å². The van der Waals surface area contributed by atoms with Gasteiger partial charge in [0.25, 0.3) is 0 Å². The molecule has 1 heterocycles. The summed E-state index contributed by atoms with van der Waals surface area (Å²) in [5, 5.41) is 11.1. The van der Waals surface area contributed by atoms with Crippen molar-refractivity contribution in [3.8, 4) is 0 Å². The van der Waals surface area contributed by atoms with Gasteiger partial charge in [0.1, 0.15) is 0 Å². The number of rotatable bonds is 3. The highest BCUT2D eigenvalue weighted by atomic mass is 16.4. The number of hydrogen-bond donors (Lipinski definition) is 2. The van der Waals surface area contributed by atoms with E-state index in [4.69, 9.17) is 5.11 Å². The Bertz CT molecular complexity index is 223. The number of likely N-dealkylation sites (N-methyl/N-ethyl adjacent to an activating group) is 1. The maximum atomic E-state index is 11.1. The average Bonchev–Trinajstić information content (AvgIpc) is 1.99. The number of hydrogen-bond acceptors (Lipinski definition) is 3. The number of aliphatic carboxylic acids is 1. The Morgan fingerprint density at radius 2 is 2.08 bits per heavy atom. The van der Waals surface area contributed by atoms with E-state index in [0.29, 0.717) is 13.1 Å². The first-order valence-corrected chi connectivity index (χ1v) is 4.24. The third-order valence-electron chi connectivity index (χ3n) is 2.43. The number of carbonyl (C=O) groups excluding carboxylic acids is 1. The molecule has 0 bridgehead atoms. The van der Waals surface area contributed by atoms with E-state index >= 15 is 0 Å². The lowest BCUT2D eigenvalue weighted by Crippen LogP contribution is -2.57. The Morgan fingerprint density at radius 1 is 1.54 bits per heavy atom. The first-order valence-electron chi connectivity index (χ1n) is 4.24. The third-order valence-corrected chi connectivity index (χ3v) is 2.43. The zero-order chi connectivity index (χ0) is 10.0. The molecule has 1 fully saturated rings. The molecule has 0 aliphatic carbocycles. The zero-order valence-corrected chi connectivity index (χ0v) is 7.78. The number of nitrogens with one attached hydrogen (secondary N) is 1. The summed E-state index contributed by atoms with van der Waals surface area (Å²) in [6.07, 6.45) is 0. The topological polar surface area (TPSA) is 69.6 Å². The van der Waals surface area contributed by atoms with Gasteiger partial charge in [0.2, 0.25) is 5.91 Å². The standard InChI is InChI=1S/C8H14N2O3/c1-5(7(11)9-2)10-3-6(4-10)8(12)13/h5-6H,3-4H2,1-2H3,(H,9,11)(H,12,13). The lowest BCUT2D eigenvalue weighted by Gasteiger charge is -2.39. The minimum Gasteiger partial charge on any atom is -0.481 e. The number of amides is 1. The molecule has 0 radical (unpaired) electrons. The second-order valence-corrected chi connectivity index (χ2v) is 3.28. The van der Waals surface area contributed by atoms with E-state index in [-0.39, 0.29) is 17.9 Å². The molecule has 74 valence electrons. The van der Waals surface area contributed by atoms with Gasteiger partial charge in [-0.2, -0.15) is 0 Å². The SMILES string of the molecule is CNC(=O)C(C)N1CC(C(=O)O)C1. The predicted octanol–water partition coefficient (Wildman–Crippen LogP) is -0.863. The van der Waals surface area contributed by atoms with Crippen molar-refractivity contribution in [2.75, 3.05) is 20.1 Å². The molecule has 0 aromatic heterocycles. The van der Waals surface area contributed by atoms with Crippen LogP contribution in [0.2, 0.25) is 0 Å². The minimum atomic E-state index is -0.777. The molecule has 1 amide bonds. The van der Waals surface area contributed by atoms with Crippen molar-refractivity contribution in [2.24, 2.45) is 5.92 Å². The van der Waals surface area contributed by atoms with Gasteiger partial charge in [0, 0.05) is 20.1 Å². The highest BCUT2D eigenvalue weighted by Gasteiger charge is 2.37. The normalized spacial score (nSPS) is 20.5. The molecule has 0 spiro atoms. The molecule has 1 aliphatic rings. The van der Waals surface area contributed by atoms with Crippen LogP contribution in [0.4, 0.5) is 0 Å². The highest BCUT2D eigenvalue weighted by Crippen LogP contribution is 2.18. The number of carboxylic acid groups (broad SMARTS) is 1. The van der Waals surface area contributed by atoms with Crippen molar-refractivity contribution < 1.29 is 14.7 Å². The van der Waals surface area contributed by atoms with Crippen molar-refractivity contribution in [1.29, 1.82) is 0 Å². The fraction of sp³-hybridized carbons (Fsp3) is 0.750. The van der Waals surface area contributed by atoms with E-state index in [1.54, 1.807) is 14.0 Å². The van der Waals surface area contributed by atoms with Gasteiger partial charge in [-0.05, 0) is 6.92 Å². The van der Waals surface area contributed by atoms with Crippen LogP contribution in [0.5, 0.6) is 0 Å². The van der Waals surface area contributed by atoms with Crippen LogP contribution in [0, 0.1) is 5.92 Å². The Balaban J connectivity index is 2.34. The summed E-state index contributed by atoms with van der Waals surface area (Å²) in [4.78, 5) is 23.4. The summed E-state index contributed by atoms with van der Waals surface area (Å²) in [6.45, 7) is 2.73. The summed E-state index contributed by atoms with van der Waals surface area (Å²) in [5.74, 6) is -1.14. The lowest BCUT2D eigenvalue weighted by atomic mass is 9.98. The Labute approximate surface area is 76.7 Å². The van der Waals surface area contributed by atoms with E-state index in [9.17, 15) is 9.59 Å². The second-order valence-electron chi connectivity index (χ2n) is 3.28. The van der Waals surface area contributed by atoms with Gasteiger partial charge < -0.3 is 10.4 Å². The molecule has 0 saturated carbocycles. The number of carbonyl (C=O) groups is 2. The molecule has 5 nitrogen and oxygen atoms in total. The van der Waals surface area contributed by atoms with Crippen molar-refractivity contribution >= 4 is 11.9 Å². The van der Waals surface area contributed by atoms with Crippen molar-refractivity contribution in [3.05, 3.63) is 0 Å². The molecule has 0 aromatic rings. The zero-order valence-electron chi connectivity index (χ0n) is 7.78. The molecule has 2 N–H and O–H groups in total. The summed E-state index contributed by atoms with van der Waals surface area (Å²) >= 11 is 0. The van der Waals surface area contributed by atoms with Crippen LogP contribution in [-0.4, -0.2) is 48.1 Å². The summed E-state index contributed by atoms with van der Waals surface area (Å²) in [7, 11) is 1.58. The highest BCUT2D eigenvalue weighted by molar-refractivity contribution is 5.81. The van der Waals surface area contributed by atoms with Crippen LogP contribution in [0.25, 0.3) is 0 Å². The lowest BCUT2D eigenvalue weighted by molar-refractivity contribution is -0.150. The summed E-state index contributed by atoms with van der Waals surface area (Å²) in [5.41, 5.74) is 0. The van der Waals surface area contributed by atoms with Gasteiger partial charge in [-0.25, -0.2) is 0 Å². The van der Waals surface area contributed by atoms with Gasteiger partial charge >= 0.3 is 5.97 Å². The molecule has 1 rings (SSSR count). The van der Waals surface area contributed by atoms with E-state index < -0.39 is 5.97 Å². The second kappa shape index (κ2) is 3.74. The molecule has 5 heteroatoms. The Hall–Kier alpha value is -1.10. The average molecular weight is 186 g/mol. The van der Waals surface area contributed by atoms with E-state index in [1.165, 1.54) is 0 Å². The van der Waals surface area contributed by atoms with Crippen LogP contribution >= 0.6 is 0 Å². The van der Waals surface area contributed by atoms with Crippen LogP contribution in [0.1, 0.15) is 6.92 Å². The summed E-state index contributed by atoms with van der Waals surface area (Å²) in [6, 6.07) is -0.222. The van der Waals surface area contributed by atoms with Gasteiger partial charge in [-0.1, -0.05) is 0 Å². The first kappa shape index (κ1) is 9.98. The van der Waals surface area contributed by atoms with Crippen LogP contribution in [0.15, 0.2) is 0 Å².